The normalized spacial score (nSPS) is 14.3. The molecule has 2 amide bonds. The minimum atomic E-state index is -0.640. The van der Waals surface area contributed by atoms with Gasteiger partial charge in [0.05, 0.1) is 5.75 Å². The summed E-state index contributed by atoms with van der Waals surface area (Å²) in [6, 6.07) is 24.6. The maximum atomic E-state index is 13.7. The molecule has 194 valence electrons. The molecule has 0 spiro atoms. The molecule has 1 saturated carbocycles. The zero-order chi connectivity index (χ0) is 26.0. The Morgan fingerprint density at radius 1 is 0.919 bits per heavy atom. The average Bonchev–Trinajstić information content (AvgIpc) is 3.41. The van der Waals surface area contributed by atoms with Gasteiger partial charge in [0.15, 0.2) is 0 Å². The van der Waals surface area contributed by atoms with Crippen molar-refractivity contribution in [1.29, 1.82) is 0 Å². The summed E-state index contributed by atoms with van der Waals surface area (Å²) in [4.78, 5) is 29.2. The highest BCUT2D eigenvalue weighted by atomic mass is 35.5. The molecule has 4 rings (SSSR count). The third-order valence-electron chi connectivity index (χ3n) is 6.65. The van der Waals surface area contributed by atoms with Gasteiger partial charge in [-0.25, -0.2) is 0 Å². The first kappa shape index (κ1) is 27.6. The minimum absolute atomic E-state index is 0.0885. The Labute approximate surface area is 233 Å². The van der Waals surface area contributed by atoms with E-state index in [1.165, 1.54) is 11.8 Å². The summed E-state index contributed by atoms with van der Waals surface area (Å²) in [6.45, 7) is 0.270. The van der Waals surface area contributed by atoms with Crippen LogP contribution in [0.2, 0.25) is 10.0 Å². The first-order valence-corrected chi connectivity index (χ1v) is 14.6. The van der Waals surface area contributed by atoms with Crippen molar-refractivity contribution in [3.63, 3.8) is 0 Å². The Balaban J connectivity index is 1.57. The van der Waals surface area contributed by atoms with E-state index in [2.05, 4.69) is 5.32 Å². The van der Waals surface area contributed by atoms with Crippen LogP contribution in [0.25, 0.3) is 0 Å². The molecule has 0 saturated heterocycles. The zero-order valence-electron chi connectivity index (χ0n) is 20.7. The molecule has 4 nitrogen and oxygen atoms in total. The van der Waals surface area contributed by atoms with Crippen molar-refractivity contribution in [2.24, 2.45) is 0 Å². The molecule has 0 radical (unpaired) electrons. The largest absolute Gasteiger partial charge is 0.352 e. The molecular weight excluding hydrogens is 523 g/mol. The molecule has 7 heteroatoms. The van der Waals surface area contributed by atoms with Gasteiger partial charge < -0.3 is 10.2 Å². The summed E-state index contributed by atoms with van der Waals surface area (Å²) >= 11 is 14.1. The Morgan fingerprint density at radius 3 is 2.35 bits per heavy atom. The number of hydrogen-bond acceptors (Lipinski definition) is 3. The number of rotatable bonds is 11. The second kappa shape index (κ2) is 13.9. The number of hydrogen-bond donors (Lipinski definition) is 1. The molecule has 3 aromatic carbocycles. The Bertz CT molecular complexity index is 1180. The molecule has 1 fully saturated rings. The third-order valence-corrected chi connectivity index (χ3v) is 8.25. The third kappa shape index (κ3) is 8.26. The first-order valence-electron chi connectivity index (χ1n) is 12.7. The fourth-order valence-corrected chi connectivity index (χ4v) is 5.96. The van der Waals surface area contributed by atoms with E-state index in [0.717, 1.165) is 42.4 Å². The molecular formula is C30H32Cl2N2O2S. The van der Waals surface area contributed by atoms with E-state index in [1.54, 1.807) is 4.90 Å². The van der Waals surface area contributed by atoms with Crippen LogP contribution < -0.4 is 5.32 Å². The van der Waals surface area contributed by atoms with Crippen molar-refractivity contribution < 1.29 is 9.59 Å². The summed E-state index contributed by atoms with van der Waals surface area (Å²) in [5, 5.41) is 4.50. The van der Waals surface area contributed by atoms with Gasteiger partial charge >= 0.3 is 0 Å². The molecule has 1 aliphatic rings. The van der Waals surface area contributed by atoms with Gasteiger partial charge in [-0.15, -0.1) is 11.8 Å². The number of carbonyl (C=O) groups is 2. The highest BCUT2D eigenvalue weighted by Crippen LogP contribution is 2.24. The van der Waals surface area contributed by atoms with Crippen LogP contribution >= 0.6 is 35.0 Å². The van der Waals surface area contributed by atoms with Gasteiger partial charge in [-0.2, -0.15) is 0 Å². The van der Waals surface area contributed by atoms with Crippen LogP contribution in [0.5, 0.6) is 0 Å². The Hall–Kier alpha value is -2.47. The van der Waals surface area contributed by atoms with Gasteiger partial charge in [0.1, 0.15) is 6.04 Å². The predicted octanol–water partition coefficient (Wildman–Crippen LogP) is 6.93. The van der Waals surface area contributed by atoms with E-state index in [4.69, 9.17) is 23.2 Å². The van der Waals surface area contributed by atoms with Crippen LogP contribution in [0.3, 0.4) is 0 Å². The van der Waals surface area contributed by atoms with Crippen LogP contribution in [0, 0.1) is 0 Å². The van der Waals surface area contributed by atoms with E-state index >= 15 is 0 Å². The van der Waals surface area contributed by atoms with Crippen LogP contribution in [-0.4, -0.2) is 34.6 Å². The second-order valence-electron chi connectivity index (χ2n) is 9.43. The number of nitrogens with one attached hydrogen (secondary N) is 1. The SMILES string of the molecule is O=C(NC1CCCC1)C(Cc1ccccc1)N(Cc1ccccc1Cl)C(=O)CSCc1cccc(Cl)c1. The lowest BCUT2D eigenvalue weighted by atomic mass is 10.0. The van der Waals surface area contributed by atoms with Crippen LogP contribution in [-0.2, 0) is 28.3 Å². The lowest BCUT2D eigenvalue weighted by molar-refractivity contribution is -0.139. The van der Waals surface area contributed by atoms with Crippen molar-refractivity contribution in [1.82, 2.24) is 10.2 Å². The topological polar surface area (TPSA) is 49.4 Å². The number of carbonyl (C=O) groups excluding carboxylic acids is 2. The monoisotopic (exact) mass is 554 g/mol. The molecule has 1 unspecified atom stereocenters. The molecule has 0 aromatic heterocycles. The summed E-state index contributed by atoms with van der Waals surface area (Å²) < 4.78 is 0. The number of thioether (sulfide) groups is 1. The lowest BCUT2D eigenvalue weighted by Gasteiger charge is -2.32. The maximum Gasteiger partial charge on any atom is 0.243 e. The van der Waals surface area contributed by atoms with E-state index in [0.29, 0.717) is 22.2 Å². The van der Waals surface area contributed by atoms with E-state index in [9.17, 15) is 9.59 Å². The van der Waals surface area contributed by atoms with Crippen molar-refractivity contribution in [3.05, 3.63) is 106 Å². The number of amides is 2. The minimum Gasteiger partial charge on any atom is -0.352 e. The summed E-state index contributed by atoms with van der Waals surface area (Å²) in [7, 11) is 0. The standard InChI is InChI=1S/C30H32Cl2N2O2S/c31-25-13-8-11-23(17-25)20-37-21-29(35)34(19-24-12-4-7-16-27(24)32)28(18-22-9-2-1-3-10-22)30(36)33-26-14-5-6-15-26/h1-4,7-13,16-17,26,28H,5-6,14-15,18-21H2,(H,33,36). The zero-order valence-corrected chi connectivity index (χ0v) is 23.1. The predicted molar refractivity (Wildman–Crippen MR) is 154 cm³/mol. The quantitative estimate of drug-likeness (QED) is 0.279. The molecule has 0 heterocycles. The molecule has 0 aliphatic heterocycles. The van der Waals surface area contributed by atoms with Crippen molar-refractivity contribution >= 4 is 46.8 Å². The molecule has 1 aliphatic carbocycles. The fourth-order valence-electron chi connectivity index (χ4n) is 4.70. The van der Waals surface area contributed by atoms with E-state index in [1.807, 2.05) is 78.9 Å². The highest BCUT2D eigenvalue weighted by molar-refractivity contribution is 7.99. The van der Waals surface area contributed by atoms with Gasteiger partial charge in [0.25, 0.3) is 0 Å². The molecule has 0 bridgehead atoms. The summed E-state index contributed by atoms with van der Waals surface area (Å²) in [6.07, 6.45) is 4.65. The van der Waals surface area contributed by atoms with Crippen molar-refractivity contribution in [2.75, 3.05) is 5.75 Å². The van der Waals surface area contributed by atoms with Crippen molar-refractivity contribution in [3.8, 4) is 0 Å². The first-order chi connectivity index (χ1) is 18.0. The number of halogens is 2. The van der Waals surface area contributed by atoms with Gasteiger partial charge in [0, 0.05) is 34.8 Å². The maximum absolute atomic E-state index is 13.7. The molecule has 3 aromatic rings. The second-order valence-corrected chi connectivity index (χ2v) is 11.3. The van der Waals surface area contributed by atoms with Crippen LogP contribution in [0.1, 0.15) is 42.4 Å². The summed E-state index contributed by atoms with van der Waals surface area (Å²) in [5.74, 6) is 0.716. The molecule has 1 N–H and O–H groups in total. The van der Waals surface area contributed by atoms with Gasteiger partial charge in [-0.05, 0) is 47.7 Å². The number of nitrogens with zero attached hydrogens (tertiary/aromatic N) is 1. The fraction of sp³-hybridized carbons (Fsp3) is 0.333. The Morgan fingerprint density at radius 2 is 1.62 bits per heavy atom. The summed E-state index contributed by atoms with van der Waals surface area (Å²) in [5.41, 5.74) is 2.89. The van der Waals surface area contributed by atoms with E-state index in [-0.39, 0.29) is 30.2 Å². The van der Waals surface area contributed by atoms with Crippen LogP contribution in [0.15, 0.2) is 78.9 Å². The smallest absolute Gasteiger partial charge is 0.243 e. The average molecular weight is 556 g/mol. The molecule has 37 heavy (non-hydrogen) atoms. The van der Waals surface area contributed by atoms with Gasteiger partial charge in [-0.1, -0.05) is 96.7 Å². The van der Waals surface area contributed by atoms with E-state index < -0.39 is 6.04 Å². The van der Waals surface area contributed by atoms with Gasteiger partial charge in [0.2, 0.25) is 11.8 Å². The van der Waals surface area contributed by atoms with Crippen LogP contribution in [0.4, 0.5) is 0 Å². The molecule has 1 atom stereocenters. The Kier molecular flexibility index (Phi) is 10.4. The highest BCUT2D eigenvalue weighted by Gasteiger charge is 2.32. The van der Waals surface area contributed by atoms with Gasteiger partial charge in [-0.3, -0.25) is 9.59 Å². The number of benzene rings is 3. The lowest BCUT2D eigenvalue weighted by Crippen LogP contribution is -2.52. The van der Waals surface area contributed by atoms with Crippen molar-refractivity contribution in [2.45, 2.75) is 56.5 Å².